The lowest BCUT2D eigenvalue weighted by molar-refractivity contribution is -0.264. The van der Waals surface area contributed by atoms with Crippen LogP contribution in [-0.4, -0.2) is 35.6 Å². The van der Waals surface area contributed by atoms with Gasteiger partial charge < -0.3 is 23.9 Å². The van der Waals surface area contributed by atoms with Crippen LogP contribution in [0.4, 0.5) is 5.82 Å². The van der Waals surface area contributed by atoms with E-state index in [-0.39, 0.29) is 11.2 Å². The maximum Gasteiger partial charge on any atom is 0.225 e. The molecule has 0 spiro atoms. The van der Waals surface area contributed by atoms with Crippen molar-refractivity contribution < 1.29 is 18.6 Å². The van der Waals surface area contributed by atoms with Gasteiger partial charge >= 0.3 is 0 Å². The molecule has 4 rings (SSSR count). The van der Waals surface area contributed by atoms with Gasteiger partial charge in [0.05, 0.1) is 32.6 Å². The average molecular weight is 404 g/mol. The summed E-state index contributed by atoms with van der Waals surface area (Å²) in [7, 11) is 0. The number of hydrogen-bond acceptors (Lipinski definition) is 7. The Morgan fingerprint density at radius 2 is 2.00 bits per heavy atom. The molecule has 0 radical (unpaired) electrons. The quantitative estimate of drug-likeness (QED) is 0.616. The highest BCUT2D eigenvalue weighted by molar-refractivity contribution is 6.29. The molecule has 1 fully saturated rings. The van der Waals surface area contributed by atoms with Crippen LogP contribution in [0.2, 0.25) is 5.28 Å². The molecule has 8 heteroatoms. The molecule has 0 amide bonds. The second kappa shape index (κ2) is 7.95. The van der Waals surface area contributed by atoms with Crippen LogP contribution in [0.25, 0.3) is 10.9 Å². The molecule has 28 heavy (non-hydrogen) atoms. The van der Waals surface area contributed by atoms with Crippen LogP contribution in [-0.2, 0) is 16.0 Å². The lowest BCUT2D eigenvalue weighted by Crippen LogP contribution is -2.41. The Kier molecular flexibility index (Phi) is 5.39. The number of halogens is 1. The minimum Gasteiger partial charge on any atom is -0.491 e. The summed E-state index contributed by atoms with van der Waals surface area (Å²) >= 11 is 6.16. The molecule has 0 atom stereocenters. The van der Waals surface area contributed by atoms with Gasteiger partial charge in [0.2, 0.25) is 5.28 Å². The number of nitrogens with one attached hydrogen (secondary N) is 1. The van der Waals surface area contributed by atoms with E-state index in [4.69, 9.17) is 30.2 Å². The van der Waals surface area contributed by atoms with Crippen LogP contribution in [0.15, 0.2) is 41.0 Å². The number of para-hydroxylation sites is 1. The number of benzene rings is 1. The topological polar surface area (TPSA) is 78.6 Å². The Bertz CT molecular complexity index is 936. The summed E-state index contributed by atoms with van der Waals surface area (Å²) in [6.07, 6.45) is 1.63. The molecule has 0 bridgehead atoms. The molecule has 3 aromatic rings. The normalized spacial score (nSPS) is 17.0. The van der Waals surface area contributed by atoms with Crippen molar-refractivity contribution >= 4 is 28.3 Å². The van der Waals surface area contributed by atoms with Gasteiger partial charge in [-0.05, 0) is 49.7 Å². The minimum atomic E-state index is -0.536. The van der Waals surface area contributed by atoms with Gasteiger partial charge in [-0.25, -0.2) is 9.97 Å². The van der Waals surface area contributed by atoms with Crippen molar-refractivity contribution in [3.63, 3.8) is 0 Å². The summed E-state index contributed by atoms with van der Waals surface area (Å²) in [5, 5.41) is 4.22. The molecular formula is C20H22ClN3O4. The molecule has 0 aliphatic carbocycles. The van der Waals surface area contributed by atoms with Gasteiger partial charge in [-0.3, -0.25) is 0 Å². The fraction of sp³-hybridized carbons (Fsp3) is 0.400. The average Bonchev–Trinajstić information content (AvgIpc) is 3.19. The first-order chi connectivity index (χ1) is 13.5. The van der Waals surface area contributed by atoms with E-state index in [0.29, 0.717) is 43.4 Å². The molecule has 1 aliphatic heterocycles. The molecule has 1 saturated heterocycles. The van der Waals surface area contributed by atoms with Crippen molar-refractivity contribution in [3.05, 3.63) is 47.6 Å². The SMILES string of the molecule is CC1(C)OCC(COc2cccc3c(NCc4ccco4)nc(Cl)nc23)CO1. The summed E-state index contributed by atoms with van der Waals surface area (Å²) in [4.78, 5) is 8.69. The lowest BCUT2D eigenvalue weighted by atomic mass is 10.1. The molecule has 1 N–H and O–H groups in total. The Morgan fingerprint density at radius 1 is 1.18 bits per heavy atom. The van der Waals surface area contributed by atoms with Gasteiger partial charge in [0.1, 0.15) is 22.8 Å². The van der Waals surface area contributed by atoms with E-state index in [1.807, 2.05) is 44.2 Å². The monoisotopic (exact) mass is 403 g/mol. The first-order valence-corrected chi connectivity index (χ1v) is 9.51. The number of nitrogens with zero attached hydrogens (tertiary/aromatic N) is 2. The molecule has 1 aromatic carbocycles. The van der Waals surface area contributed by atoms with Gasteiger partial charge in [-0.15, -0.1) is 0 Å². The second-order valence-electron chi connectivity index (χ2n) is 7.13. The lowest BCUT2D eigenvalue weighted by Gasteiger charge is -2.34. The predicted molar refractivity (Wildman–Crippen MR) is 106 cm³/mol. The Morgan fingerprint density at radius 3 is 2.75 bits per heavy atom. The maximum atomic E-state index is 6.16. The van der Waals surface area contributed by atoms with Crippen molar-refractivity contribution in [2.24, 2.45) is 5.92 Å². The Balaban J connectivity index is 1.51. The fourth-order valence-electron chi connectivity index (χ4n) is 2.96. The third-order valence-electron chi connectivity index (χ3n) is 4.48. The number of anilines is 1. The summed E-state index contributed by atoms with van der Waals surface area (Å²) in [5.41, 5.74) is 0.655. The van der Waals surface area contributed by atoms with Crippen molar-refractivity contribution in [3.8, 4) is 5.75 Å². The van der Waals surface area contributed by atoms with E-state index < -0.39 is 5.79 Å². The van der Waals surface area contributed by atoms with Crippen molar-refractivity contribution in [1.82, 2.24) is 9.97 Å². The molecule has 148 valence electrons. The van der Waals surface area contributed by atoms with E-state index in [2.05, 4.69) is 15.3 Å². The first-order valence-electron chi connectivity index (χ1n) is 9.13. The van der Waals surface area contributed by atoms with Crippen molar-refractivity contribution in [2.45, 2.75) is 26.2 Å². The van der Waals surface area contributed by atoms with Gasteiger partial charge in [0, 0.05) is 11.3 Å². The Hall–Kier alpha value is -2.35. The van der Waals surface area contributed by atoms with Gasteiger partial charge in [-0.2, -0.15) is 0 Å². The molecule has 3 heterocycles. The largest absolute Gasteiger partial charge is 0.491 e. The van der Waals surface area contributed by atoms with Crippen LogP contribution >= 0.6 is 11.6 Å². The van der Waals surface area contributed by atoms with Crippen LogP contribution in [0.5, 0.6) is 5.75 Å². The van der Waals surface area contributed by atoms with Crippen LogP contribution in [0.3, 0.4) is 0 Å². The first kappa shape index (κ1) is 19.0. The van der Waals surface area contributed by atoms with E-state index in [1.165, 1.54) is 0 Å². The number of aromatic nitrogens is 2. The summed E-state index contributed by atoms with van der Waals surface area (Å²) < 4.78 is 22.8. The fourth-order valence-corrected chi connectivity index (χ4v) is 3.13. The third-order valence-corrected chi connectivity index (χ3v) is 4.65. The highest BCUT2D eigenvalue weighted by Gasteiger charge is 2.28. The standard InChI is InChI=1S/C20H22ClN3O4/c1-20(2)27-11-13(12-28-20)10-26-16-7-3-6-15-17(16)23-19(21)24-18(15)22-9-14-5-4-8-25-14/h3-8,13H,9-12H2,1-2H3,(H,22,23,24). The number of hydrogen-bond donors (Lipinski definition) is 1. The molecular weight excluding hydrogens is 382 g/mol. The number of ether oxygens (including phenoxy) is 3. The zero-order valence-electron chi connectivity index (χ0n) is 15.8. The summed E-state index contributed by atoms with van der Waals surface area (Å²) in [6.45, 7) is 5.95. The molecule has 7 nitrogen and oxygen atoms in total. The third kappa shape index (κ3) is 4.38. The maximum absolute atomic E-state index is 6.16. The molecule has 0 unspecified atom stereocenters. The van der Waals surface area contributed by atoms with E-state index >= 15 is 0 Å². The summed E-state index contributed by atoms with van der Waals surface area (Å²) in [5.74, 6) is 1.69. The highest BCUT2D eigenvalue weighted by Crippen LogP contribution is 2.30. The number of furan rings is 1. The highest BCUT2D eigenvalue weighted by atomic mass is 35.5. The van der Waals surface area contributed by atoms with Crippen LogP contribution in [0, 0.1) is 5.92 Å². The van der Waals surface area contributed by atoms with E-state index in [0.717, 1.165) is 11.1 Å². The smallest absolute Gasteiger partial charge is 0.225 e. The Labute approximate surface area is 168 Å². The minimum absolute atomic E-state index is 0.150. The number of rotatable bonds is 6. The van der Waals surface area contributed by atoms with Crippen LogP contribution < -0.4 is 10.1 Å². The van der Waals surface area contributed by atoms with Crippen LogP contribution in [0.1, 0.15) is 19.6 Å². The van der Waals surface area contributed by atoms with Gasteiger partial charge in [-0.1, -0.05) is 6.07 Å². The predicted octanol–water partition coefficient (Wildman–Crippen LogP) is 4.27. The molecule has 0 saturated carbocycles. The van der Waals surface area contributed by atoms with Crippen molar-refractivity contribution in [1.29, 1.82) is 0 Å². The zero-order chi connectivity index (χ0) is 19.6. The zero-order valence-corrected chi connectivity index (χ0v) is 16.5. The van der Waals surface area contributed by atoms with Gasteiger partial charge in [0.25, 0.3) is 0 Å². The summed E-state index contributed by atoms with van der Waals surface area (Å²) in [6, 6.07) is 9.44. The van der Waals surface area contributed by atoms with Crippen molar-refractivity contribution in [2.75, 3.05) is 25.1 Å². The van der Waals surface area contributed by atoms with E-state index in [1.54, 1.807) is 6.26 Å². The second-order valence-corrected chi connectivity index (χ2v) is 7.46. The molecule has 1 aliphatic rings. The van der Waals surface area contributed by atoms with Gasteiger partial charge in [0.15, 0.2) is 5.79 Å². The molecule has 2 aromatic heterocycles. The number of fused-ring (bicyclic) bond motifs is 1. The van der Waals surface area contributed by atoms with E-state index in [9.17, 15) is 0 Å².